The van der Waals surface area contributed by atoms with Gasteiger partial charge in [0, 0.05) is 23.9 Å². The summed E-state index contributed by atoms with van der Waals surface area (Å²) in [6, 6.07) is 27.6. The van der Waals surface area contributed by atoms with Crippen LogP contribution in [0.25, 0.3) is 16.8 Å². The standard InChI is InChI=1S/C30H24N2O5/c33-28-25-9-3-4-10-26(25)32(30(28)35)19-21(18-20-12-14-23(15-13-20)29(34)31-36)16-17-37-27-11-5-7-22-6-1-2-8-24(22)27/h1-15,18,36H,16-17,19H2,(H,31,34). The molecule has 0 aliphatic carbocycles. The number of benzene rings is 4. The number of nitrogens with one attached hydrogen (secondary N) is 1. The summed E-state index contributed by atoms with van der Waals surface area (Å²) in [5.74, 6) is -0.898. The van der Waals surface area contributed by atoms with E-state index in [0.717, 1.165) is 27.7 Å². The van der Waals surface area contributed by atoms with Crippen molar-refractivity contribution in [3.8, 4) is 5.75 Å². The third kappa shape index (κ3) is 4.98. The maximum Gasteiger partial charge on any atom is 0.299 e. The first kappa shape index (κ1) is 24.0. The van der Waals surface area contributed by atoms with E-state index in [4.69, 9.17) is 9.94 Å². The Bertz CT molecular complexity index is 1520. The van der Waals surface area contributed by atoms with Crippen LogP contribution in [0.15, 0.2) is 96.6 Å². The van der Waals surface area contributed by atoms with E-state index >= 15 is 0 Å². The lowest BCUT2D eigenvalue weighted by Gasteiger charge is -2.19. The Labute approximate surface area is 213 Å². The molecule has 2 N–H and O–H groups in total. The quantitative estimate of drug-likeness (QED) is 0.204. The minimum Gasteiger partial charge on any atom is -0.493 e. The van der Waals surface area contributed by atoms with E-state index in [9.17, 15) is 14.4 Å². The van der Waals surface area contributed by atoms with Gasteiger partial charge in [0.05, 0.1) is 17.9 Å². The van der Waals surface area contributed by atoms with Crippen LogP contribution in [0.3, 0.4) is 0 Å². The predicted octanol–water partition coefficient (Wildman–Crippen LogP) is 5.04. The van der Waals surface area contributed by atoms with Crippen molar-refractivity contribution in [2.75, 3.05) is 18.1 Å². The summed E-state index contributed by atoms with van der Waals surface area (Å²) in [5.41, 5.74) is 4.60. The Morgan fingerprint density at radius 1 is 0.892 bits per heavy atom. The molecule has 0 unspecified atom stereocenters. The second kappa shape index (κ2) is 10.5. The molecule has 37 heavy (non-hydrogen) atoms. The lowest BCUT2D eigenvalue weighted by Crippen LogP contribution is -2.31. The molecule has 0 aromatic heterocycles. The van der Waals surface area contributed by atoms with E-state index in [1.165, 1.54) is 4.90 Å². The smallest absolute Gasteiger partial charge is 0.299 e. The van der Waals surface area contributed by atoms with Gasteiger partial charge in [0.2, 0.25) is 0 Å². The maximum atomic E-state index is 12.8. The maximum absolute atomic E-state index is 12.8. The fourth-order valence-corrected chi connectivity index (χ4v) is 4.45. The molecule has 184 valence electrons. The highest BCUT2D eigenvalue weighted by Crippen LogP contribution is 2.30. The van der Waals surface area contributed by atoms with E-state index < -0.39 is 17.6 Å². The molecule has 1 aliphatic heterocycles. The molecule has 2 amide bonds. The zero-order valence-corrected chi connectivity index (χ0v) is 19.9. The molecule has 0 saturated carbocycles. The second-order valence-electron chi connectivity index (χ2n) is 8.68. The van der Waals surface area contributed by atoms with Crippen molar-refractivity contribution in [2.45, 2.75) is 6.42 Å². The van der Waals surface area contributed by atoms with Gasteiger partial charge in [-0.1, -0.05) is 66.7 Å². The number of carbonyl (C=O) groups excluding carboxylic acids is 3. The van der Waals surface area contributed by atoms with Crippen LogP contribution in [-0.4, -0.2) is 36.0 Å². The van der Waals surface area contributed by atoms with Gasteiger partial charge in [-0.05, 0) is 46.9 Å². The third-order valence-corrected chi connectivity index (χ3v) is 6.32. The zero-order valence-electron chi connectivity index (χ0n) is 19.9. The Morgan fingerprint density at radius 3 is 2.43 bits per heavy atom. The lowest BCUT2D eigenvalue weighted by atomic mass is 10.1. The first-order valence-corrected chi connectivity index (χ1v) is 11.8. The average molecular weight is 493 g/mol. The molecule has 0 atom stereocenters. The SMILES string of the molecule is O=C(NO)c1ccc(C=C(CCOc2cccc3ccccc23)CN2C(=O)C(=O)c3ccccc32)cc1. The van der Waals surface area contributed by atoms with Crippen LogP contribution < -0.4 is 15.1 Å². The molecule has 1 heterocycles. The number of para-hydroxylation sites is 1. The summed E-state index contributed by atoms with van der Waals surface area (Å²) in [6.45, 7) is 0.585. The molecule has 7 heteroatoms. The number of amides is 2. The molecule has 4 aromatic rings. The summed E-state index contributed by atoms with van der Waals surface area (Å²) >= 11 is 0. The highest BCUT2D eigenvalue weighted by molar-refractivity contribution is 6.52. The lowest BCUT2D eigenvalue weighted by molar-refractivity contribution is -0.114. The fraction of sp³-hybridized carbons (Fsp3) is 0.100. The third-order valence-electron chi connectivity index (χ3n) is 6.32. The largest absolute Gasteiger partial charge is 0.493 e. The number of carbonyl (C=O) groups is 3. The van der Waals surface area contributed by atoms with Gasteiger partial charge in [-0.15, -0.1) is 0 Å². The summed E-state index contributed by atoms with van der Waals surface area (Å²) in [7, 11) is 0. The van der Waals surface area contributed by atoms with Gasteiger partial charge in [0.1, 0.15) is 5.75 Å². The van der Waals surface area contributed by atoms with E-state index in [1.807, 2.05) is 48.5 Å². The number of anilines is 1. The topological polar surface area (TPSA) is 95.9 Å². The second-order valence-corrected chi connectivity index (χ2v) is 8.68. The number of hydroxylamine groups is 1. The monoisotopic (exact) mass is 492 g/mol. The molecule has 5 rings (SSSR count). The number of hydrogen-bond donors (Lipinski definition) is 2. The first-order valence-electron chi connectivity index (χ1n) is 11.8. The van der Waals surface area contributed by atoms with Crippen molar-refractivity contribution in [3.63, 3.8) is 0 Å². The highest BCUT2D eigenvalue weighted by atomic mass is 16.5. The predicted molar refractivity (Wildman–Crippen MR) is 141 cm³/mol. The van der Waals surface area contributed by atoms with Crippen LogP contribution in [0.2, 0.25) is 0 Å². The van der Waals surface area contributed by atoms with E-state index in [-0.39, 0.29) is 6.54 Å². The van der Waals surface area contributed by atoms with Crippen LogP contribution in [0.1, 0.15) is 32.7 Å². The summed E-state index contributed by atoms with van der Waals surface area (Å²) in [4.78, 5) is 38.5. The summed E-state index contributed by atoms with van der Waals surface area (Å²) in [5, 5.41) is 11.0. The van der Waals surface area contributed by atoms with Crippen molar-refractivity contribution in [2.24, 2.45) is 0 Å². The van der Waals surface area contributed by atoms with E-state index in [1.54, 1.807) is 54.0 Å². The number of nitrogens with zero attached hydrogens (tertiary/aromatic N) is 1. The molecule has 1 aliphatic rings. The molecular weight excluding hydrogens is 468 g/mol. The Morgan fingerprint density at radius 2 is 1.62 bits per heavy atom. The highest BCUT2D eigenvalue weighted by Gasteiger charge is 2.35. The molecule has 7 nitrogen and oxygen atoms in total. The number of ether oxygens (including phenoxy) is 1. The number of Topliss-reactive ketones (excluding diaryl/α,β-unsaturated/α-hetero) is 1. The summed E-state index contributed by atoms with van der Waals surface area (Å²) < 4.78 is 6.14. The van der Waals surface area contributed by atoms with Gasteiger partial charge >= 0.3 is 0 Å². The minimum absolute atomic E-state index is 0.222. The number of rotatable bonds is 8. The van der Waals surface area contributed by atoms with Crippen molar-refractivity contribution < 1.29 is 24.3 Å². The van der Waals surface area contributed by atoms with Crippen LogP contribution in [0.5, 0.6) is 5.75 Å². The normalized spacial score (nSPS) is 13.1. The van der Waals surface area contributed by atoms with Crippen LogP contribution >= 0.6 is 0 Å². The molecule has 0 radical (unpaired) electrons. The van der Waals surface area contributed by atoms with Crippen molar-refractivity contribution in [3.05, 3.63) is 113 Å². The van der Waals surface area contributed by atoms with Gasteiger partial charge in [0.25, 0.3) is 17.6 Å². The van der Waals surface area contributed by atoms with Crippen molar-refractivity contribution in [1.29, 1.82) is 0 Å². The number of hydrogen-bond acceptors (Lipinski definition) is 5. The fourth-order valence-electron chi connectivity index (χ4n) is 4.45. The first-order chi connectivity index (χ1) is 18.0. The van der Waals surface area contributed by atoms with Gasteiger partial charge in [-0.2, -0.15) is 0 Å². The molecular formula is C30H24N2O5. The number of ketones is 1. The van der Waals surface area contributed by atoms with E-state index in [0.29, 0.717) is 29.8 Å². The van der Waals surface area contributed by atoms with Crippen LogP contribution in [-0.2, 0) is 4.79 Å². The van der Waals surface area contributed by atoms with Gasteiger partial charge in [0.15, 0.2) is 0 Å². The van der Waals surface area contributed by atoms with Crippen LogP contribution in [0, 0.1) is 0 Å². The Balaban J connectivity index is 1.40. The van der Waals surface area contributed by atoms with Gasteiger partial charge in [-0.25, -0.2) is 5.48 Å². The van der Waals surface area contributed by atoms with E-state index in [2.05, 4.69) is 0 Å². The van der Waals surface area contributed by atoms with Gasteiger partial charge in [-0.3, -0.25) is 19.6 Å². The molecule has 0 saturated heterocycles. The molecule has 4 aromatic carbocycles. The van der Waals surface area contributed by atoms with Gasteiger partial charge < -0.3 is 9.64 Å². The average Bonchev–Trinajstić information content (AvgIpc) is 3.18. The number of fused-ring (bicyclic) bond motifs is 2. The Hall–Kier alpha value is -4.75. The molecule has 0 spiro atoms. The van der Waals surface area contributed by atoms with Crippen molar-refractivity contribution in [1.82, 2.24) is 5.48 Å². The molecule has 0 bridgehead atoms. The van der Waals surface area contributed by atoms with Crippen molar-refractivity contribution >= 4 is 40.1 Å². The van der Waals surface area contributed by atoms with Crippen LogP contribution in [0.4, 0.5) is 5.69 Å². The molecule has 0 fully saturated rings. The summed E-state index contributed by atoms with van der Waals surface area (Å²) in [6.07, 6.45) is 2.42. The Kier molecular flexibility index (Phi) is 6.78. The minimum atomic E-state index is -0.600. The zero-order chi connectivity index (χ0) is 25.8.